The summed E-state index contributed by atoms with van der Waals surface area (Å²) in [5.74, 6) is -4.77. The van der Waals surface area contributed by atoms with Crippen molar-refractivity contribution in [2.45, 2.75) is 52.2 Å². The van der Waals surface area contributed by atoms with E-state index in [0.717, 1.165) is 10.5 Å². The van der Waals surface area contributed by atoms with Crippen LogP contribution in [0.2, 0.25) is 10.0 Å². The van der Waals surface area contributed by atoms with Gasteiger partial charge in [0.1, 0.15) is 18.1 Å². The number of hydrogen-bond acceptors (Lipinski definition) is 7. The Morgan fingerprint density at radius 1 is 1.08 bits per heavy atom. The minimum atomic E-state index is -1.41. The van der Waals surface area contributed by atoms with E-state index in [2.05, 4.69) is 10.6 Å². The Bertz CT molecular complexity index is 1010. The molecule has 2 unspecified atom stereocenters. The monoisotopic (exact) mass is 543 g/mol. The van der Waals surface area contributed by atoms with E-state index >= 15 is 0 Å². The Kier molecular flexibility index (Phi) is 10.5. The van der Waals surface area contributed by atoms with E-state index in [-0.39, 0.29) is 19.7 Å². The summed E-state index contributed by atoms with van der Waals surface area (Å²) in [6.45, 7) is 6.14. The summed E-state index contributed by atoms with van der Waals surface area (Å²) in [6, 6.07) is 4.15. The maximum Gasteiger partial charge on any atom is 0.407 e. The van der Waals surface area contributed by atoms with Crippen molar-refractivity contribution in [2.75, 3.05) is 26.2 Å². The van der Waals surface area contributed by atoms with Gasteiger partial charge in [0.2, 0.25) is 11.7 Å². The number of aryl methyl sites for hydroxylation is 1. The number of halogens is 2. The van der Waals surface area contributed by atoms with E-state index in [1.165, 1.54) is 0 Å². The van der Waals surface area contributed by atoms with Crippen molar-refractivity contribution < 1.29 is 33.4 Å². The first-order chi connectivity index (χ1) is 16.8. The summed E-state index contributed by atoms with van der Waals surface area (Å²) in [5.41, 5.74) is 0.145. The van der Waals surface area contributed by atoms with E-state index in [1.54, 1.807) is 39.8 Å². The number of rotatable bonds is 10. The molecule has 0 aliphatic carbocycles. The lowest BCUT2D eigenvalue weighted by Gasteiger charge is -2.27. The molecule has 2 atom stereocenters. The van der Waals surface area contributed by atoms with E-state index in [4.69, 9.17) is 32.7 Å². The summed E-state index contributed by atoms with van der Waals surface area (Å²) in [5, 5.41) is 6.01. The third-order valence-electron chi connectivity index (χ3n) is 5.21. The zero-order valence-electron chi connectivity index (χ0n) is 20.7. The molecule has 0 bridgehead atoms. The first kappa shape index (κ1) is 29.4. The molecule has 10 nitrogen and oxygen atoms in total. The topological polar surface area (TPSA) is 131 Å². The fourth-order valence-corrected chi connectivity index (χ4v) is 3.97. The Balaban J connectivity index is 2.07. The lowest BCUT2D eigenvalue weighted by Crippen LogP contribution is -2.50. The van der Waals surface area contributed by atoms with Crippen LogP contribution in [-0.2, 0) is 35.1 Å². The van der Waals surface area contributed by atoms with Crippen molar-refractivity contribution >= 4 is 52.9 Å². The van der Waals surface area contributed by atoms with Crippen LogP contribution in [-0.4, -0.2) is 72.4 Å². The number of nitrogens with zero attached hydrogens (tertiary/aromatic N) is 1. The Morgan fingerprint density at radius 3 is 2.39 bits per heavy atom. The fraction of sp³-hybridized carbons (Fsp3) is 0.542. The van der Waals surface area contributed by atoms with Crippen LogP contribution in [0.15, 0.2) is 18.2 Å². The summed E-state index contributed by atoms with van der Waals surface area (Å²) >= 11 is 11.9. The predicted octanol–water partition coefficient (Wildman–Crippen LogP) is 2.53. The largest absolute Gasteiger partial charge is 0.465 e. The number of alkyl carbamates (subject to hydrolysis) is 1. The van der Waals surface area contributed by atoms with Crippen molar-refractivity contribution in [1.29, 1.82) is 0 Å². The summed E-state index contributed by atoms with van der Waals surface area (Å²) < 4.78 is 10.1. The molecule has 36 heavy (non-hydrogen) atoms. The normalized spacial score (nSPS) is 17.7. The zero-order valence-corrected chi connectivity index (χ0v) is 22.2. The second kappa shape index (κ2) is 12.9. The number of likely N-dealkylation sites (tertiary alicyclic amines) is 1. The quantitative estimate of drug-likeness (QED) is 0.200. The van der Waals surface area contributed by atoms with Gasteiger partial charge in [0, 0.05) is 13.1 Å². The molecule has 1 aromatic carbocycles. The molecule has 1 heterocycles. The highest BCUT2D eigenvalue weighted by atomic mass is 35.5. The number of Topliss-reactive ketones (excluding diaryl/α,β-unsaturated/α-hetero) is 1. The molecule has 1 aliphatic rings. The highest BCUT2D eigenvalue weighted by Crippen LogP contribution is 2.24. The zero-order chi connectivity index (χ0) is 27.0. The third kappa shape index (κ3) is 8.37. The van der Waals surface area contributed by atoms with Crippen molar-refractivity contribution in [1.82, 2.24) is 15.5 Å². The number of amides is 3. The molecule has 1 saturated heterocycles. The van der Waals surface area contributed by atoms with Crippen molar-refractivity contribution in [3.05, 3.63) is 33.8 Å². The van der Waals surface area contributed by atoms with Gasteiger partial charge in [-0.1, -0.05) is 29.3 Å². The van der Waals surface area contributed by atoms with Gasteiger partial charge in [0.25, 0.3) is 5.91 Å². The van der Waals surface area contributed by atoms with Gasteiger partial charge in [0.15, 0.2) is 0 Å². The van der Waals surface area contributed by atoms with Gasteiger partial charge in [-0.15, -0.1) is 0 Å². The average Bonchev–Trinajstić information content (AvgIpc) is 3.01. The van der Waals surface area contributed by atoms with Gasteiger partial charge in [0.05, 0.1) is 22.7 Å². The summed E-state index contributed by atoms with van der Waals surface area (Å²) in [7, 11) is 0. The molecule has 198 valence electrons. The molecule has 1 aliphatic heterocycles. The second-order valence-corrected chi connectivity index (χ2v) is 9.99. The predicted molar refractivity (Wildman–Crippen MR) is 133 cm³/mol. The minimum Gasteiger partial charge on any atom is -0.465 e. The van der Waals surface area contributed by atoms with Gasteiger partial charge < -0.3 is 25.0 Å². The molecule has 0 saturated carbocycles. The van der Waals surface area contributed by atoms with Crippen LogP contribution in [0, 0.1) is 5.92 Å². The van der Waals surface area contributed by atoms with Gasteiger partial charge in [-0.05, 0) is 58.2 Å². The van der Waals surface area contributed by atoms with Crippen molar-refractivity contribution in [2.24, 2.45) is 5.92 Å². The number of hydrogen-bond donors (Lipinski definition) is 2. The van der Waals surface area contributed by atoms with E-state index < -0.39 is 53.8 Å². The van der Waals surface area contributed by atoms with Crippen LogP contribution < -0.4 is 10.6 Å². The number of carbonyl (C=O) groups is 5. The van der Waals surface area contributed by atoms with Crippen molar-refractivity contribution in [3.63, 3.8) is 0 Å². The first-order valence-corrected chi connectivity index (χ1v) is 12.3. The van der Waals surface area contributed by atoms with Crippen LogP contribution in [0.5, 0.6) is 0 Å². The van der Waals surface area contributed by atoms with Crippen molar-refractivity contribution in [3.8, 4) is 0 Å². The van der Waals surface area contributed by atoms with E-state index in [1.807, 2.05) is 6.07 Å². The van der Waals surface area contributed by atoms with Gasteiger partial charge in [-0.25, -0.2) is 4.79 Å². The molecule has 0 radical (unpaired) electrons. The van der Waals surface area contributed by atoms with E-state index in [0.29, 0.717) is 22.9 Å². The molecule has 12 heteroatoms. The molecule has 0 aromatic heterocycles. The fourth-order valence-electron chi connectivity index (χ4n) is 3.65. The summed E-state index contributed by atoms with van der Waals surface area (Å²) in [4.78, 5) is 63.4. The third-order valence-corrected chi connectivity index (χ3v) is 5.95. The number of carbonyl (C=O) groups excluding carboxylic acids is 5. The number of esters is 1. The summed E-state index contributed by atoms with van der Waals surface area (Å²) in [6.07, 6.45) is 0.338. The highest BCUT2D eigenvalue weighted by Gasteiger charge is 2.51. The Labute approximate surface area is 219 Å². The molecule has 0 spiro atoms. The number of nitrogens with one attached hydrogen (secondary N) is 2. The molecule has 3 amide bonds. The van der Waals surface area contributed by atoms with Gasteiger partial charge >= 0.3 is 12.1 Å². The lowest BCUT2D eigenvalue weighted by molar-refractivity contribution is -0.149. The molecular weight excluding hydrogens is 513 g/mol. The number of ketones is 1. The van der Waals surface area contributed by atoms with Gasteiger partial charge in [-0.3, -0.25) is 19.2 Å². The Morgan fingerprint density at radius 2 is 1.78 bits per heavy atom. The first-order valence-electron chi connectivity index (χ1n) is 11.5. The molecular formula is C24H31Cl2N3O7. The van der Waals surface area contributed by atoms with Gasteiger partial charge in [-0.2, -0.15) is 0 Å². The molecule has 2 N–H and O–H groups in total. The van der Waals surface area contributed by atoms with Crippen LogP contribution in [0.1, 0.15) is 39.7 Å². The average molecular weight is 544 g/mol. The van der Waals surface area contributed by atoms with Crippen LogP contribution >= 0.6 is 23.2 Å². The minimum absolute atomic E-state index is 0.0817. The second-order valence-electron chi connectivity index (χ2n) is 9.17. The highest BCUT2D eigenvalue weighted by molar-refractivity contribution is 6.43. The molecule has 1 aromatic rings. The molecule has 2 rings (SSSR count). The van der Waals surface area contributed by atoms with E-state index in [9.17, 15) is 24.0 Å². The standard InChI is InChI=1S/C24H31Cl2N3O7/c1-5-35-18(30)13-29-17(12-28-23(34)36-24(2,3)4)19(20(31)22(29)33)21(32)27-10-6-7-14-8-9-15(25)16(26)11-14/h8-9,11,17,19H,5-7,10,12-13H2,1-4H3,(H,27,32)(H,28,34). The maximum absolute atomic E-state index is 12.9. The van der Waals surface area contributed by atoms with Crippen LogP contribution in [0.25, 0.3) is 0 Å². The molecule has 1 fully saturated rings. The van der Waals surface area contributed by atoms with Crippen LogP contribution in [0.4, 0.5) is 4.79 Å². The smallest absolute Gasteiger partial charge is 0.407 e. The number of ether oxygens (including phenoxy) is 2. The number of benzene rings is 1. The Hall–Kier alpha value is -2.85. The SMILES string of the molecule is CCOC(=O)CN1C(=O)C(=O)C(C(=O)NCCCc2ccc(Cl)c(Cl)c2)C1CNC(=O)OC(C)(C)C. The van der Waals surface area contributed by atoms with Crippen LogP contribution in [0.3, 0.4) is 0 Å². The maximum atomic E-state index is 12.9. The lowest BCUT2D eigenvalue weighted by atomic mass is 9.97.